The molecular weight excluding hydrogens is 222 g/mol. The Balaban J connectivity index is 4.23. The van der Waals surface area contributed by atoms with Crippen molar-refractivity contribution in [2.24, 2.45) is 0 Å². The zero-order valence-electron chi connectivity index (χ0n) is 11.1. The summed E-state index contributed by atoms with van der Waals surface area (Å²) in [6.07, 6.45) is 1.49. The zero-order chi connectivity index (χ0) is 13.3. The highest BCUT2D eigenvalue weighted by molar-refractivity contribution is 5.66. The Morgan fingerprint density at radius 2 is 2.00 bits per heavy atom. The van der Waals surface area contributed by atoms with Crippen LogP contribution in [0, 0.1) is 0 Å². The highest BCUT2D eigenvalue weighted by Crippen LogP contribution is 2.16. The van der Waals surface area contributed by atoms with Crippen LogP contribution >= 0.6 is 0 Å². The molecule has 0 atom stereocenters. The summed E-state index contributed by atoms with van der Waals surface area (Å²) in [5, 5.41) is 17.8. The number of hydrogen-bond acceptors (Lipinski definition) is 3. The number of nitrogens with zero attached hydrogens (tertiary/aromatic N) is 1. The minimum absolute atomic E-state index is 0.0961. The number of ether oxygens (including phenoxy) is 1. The molecule has 2 N–H and O–H groups in total. The van der Waals surface area contributed by atoms with E-state index in [2.05, 4.69) is 0 Å². The molecule has 5 heteroatoms. The van der Waals surface area contributed by atoms with Gasteiger partial charge in [0.15, 0.2) is 0 Å². The van der Waals surface area contributed by atoms with Crippen LogP contribution in [0.15, 0.2) is 0 Å². The zero-order valence-corrected chi connectivity index (χ0v) is 11.1. The van der Waals surface area contributed by atoms with Gasteiger partial charge in [-0.3, -0.25) is 0 Å². The minimum Gasteiger partial charge on any atom is -0.465 e. The van der Waals surface area contributed by atoms with Crippen LogP contribution in [0.2, 0.25) is 0 Å². The third-order valence-electron chi connectivity index (χ3n) is 2.60. The molecule has 0 aliphatic rings. The number of amides is 1. The molecule has 0 rings (SSSR count). The van der Waals surface area contributed by atoms with E-state index in [0.29, 0.717) is 26.2 Å². The average Bonchev–Trinajstić information content (AvgIpc) is 2.24. The van der Waals surface area contributed by atoms with Crippen LogP contribution in [0.3, 0.4) is 0 Å². The highest BCUT2D eigenvalue weighted by Gasteiger charge is 2.30. The quantitative estimate of drug-likeness (QED) is 0.611. The molecule has 0 fully saturated rings. The van der Waals surface area contributed by atoms with E-state index in [9.17, 15) is 4.79 Å². The smallest absolute Gasteiger partial charge is 0.407 e. The predicted molar refractivity (Wildman–Crippen MR) is 66.2 cm³/mol. The molecule has 0 aliphatic heterocycles. The van der Waals surface area contributed by atoms with Crippen LogP contribution in [0.25, 0.3) is 0 Å². The van der Waals surface area contributed by atoms with E-state index < -0.39 is 11.6 Å². The molecule has 0 aromatic heterocycles. The van der Waals surface area contributed by atoms with Crippen LogP contribution in [0.1, 0.15) is 40.0 Å². The van der Waals surface area contributed by atoms with Crippen molar-refractivity contribution in [2.45, 2.75) is 45.6 Å². The molecule has 0 aliphatic carbocycles. The minimum atomic E-state index is -0.908. The molecule has 0 radical (unpaired) electrons. The third kappa shape index (κ3) is 6.48. The molecule has 0 spiro atoms. The highest BCUT2D eigenvalue weighted by atomic mass is 16.5. The standard InChI is InChI=1S/C12H25NO4/c1-4-5-7-13(11(15)16)12(2,3)10-17-9-6-8-14/h14H,4-10H2,1-3H3,(H,15,16). The van der Waals surface area contributed by atoms with Gasteiger partial charge in [0.05, 0.1) is 12.1 Å². The van der Waals surface area contributed by atoms with Crippen LogP contribution in [-0.2, 0) is 4.74 Å². The van der Waals surface area contributed by atoms with Gasteiger partial charge in [-0.15, -0.1) is 0 Å². The molecule has 0 heterocycles. The number of aliphatic hydroxyl groups excluding tert-OH is 1. The lowest BCUT2D eigenvalue weighted by atomic mass is 10.0. The first kappa shape index (κ1) is 16.2. The Morgan fingerprint density at radius 1 is 1.35 bits per heavy atom. The first-order chi connectivity index (χ1) is 7.95. The second kappa shape index (κ2) is 8.31. The Labute approximate surface area is 103 Å². The molecule has 1 amide bonds. The number of unbranched alkanes of at least 4 members (excludes halogenated alkanes) is 1. The summed E-state index contributed by atoms with van der Waals surface area (Å²) >= 11 is 0. The maximum Gasteiger partial charge on any atom is 0.407 e. The Kier molecular flexibility index (Phi) is 7.91. The van der Waals surface area contributed by atoms with Gasteiger partial charge >= 0.3 is 6.09 Å². The fourth-order valence-corrected chi connectivity index (χ4v) is 1.54. The molecule has 0 saturated carbocycles. The van der Waals surface area contributed by atoms with Crippen LogP contribution in [0.5, 0.6) is 0 Å². The number of carboxylic acid groups (broad SMARTS) is 1. The largest absolute Gasteiger partial charge is 0.465 e. The third-order valence-corrected chi connectivity index (χ3v) is 2.60. The summed E-state index contributed by atoms with van der Waals surface area (Å²) in [7, 11) is 0. The number of rotatable bonds is 9. The van der Waals surface area contributed by atoms with Gasteiger partial charge in [-0.05, 0) is 26.7 Å². The van der Waals surface area contributed by atoms with Crippen molar-refractivity contribution < 1.29 is 19.7 Å². The van der Waals surface area contributed by atoms with Crippen molar-refractivity contribution in [3.8, 4) is 0 Å². The van der Waals surface area contributed by atoms with Crippen LogP contribution in [-0.4, -0.2) is 53.1 Å². The van der Waals surface area contributed by atoms with Gasteiger partial charge in [-0.25, -0.2) is 4.79 Å². The van der Waals surface area contributed by atoms with E-state index in [4.69, 9.17) is 14.9 Å². The summed E-state index contributed by atoms with van der Waals surface area (Å²) in [4.78, 5) is 12.6. The van der Waals surface area contributed by atoms with Gasteiger partial charge in [0.25, 0.3) is 0 Å². The molecular formula is C12H25NO4. The molecule has 17 heavy (non-hydrogen) atoms. The maximum absolute atomic E-state index is 11.2. The maximum atomic E-state index is 11.2. The van der Waals surface area contributed by atoms with Gasteiger partial charge in [0.2, 0.25) is 0 Å². The molecule has 102 valence electrons. The number of hydrogen-bond donors (Lipinski definition) is 2. The van der Waals surface area contributed by atoms with E-state index in [0.717, 1.165) is 12.8 Å². The molecule has 0 saturated heterocycles. The van der Waals surface area contributed by atoms with Crippen LogP contribution in [0.4, 0.5) is 4.79 Å². The van der Waals surface area contributed by atoms with E-state index in [-0.39, 0.29) is 6.61 Å². The van der Waals surface area contributed by atoms with Crippen LogP contribution < -0.4 is 0 Å². The molecule has 0 aromatic carbocycles. The monoisotopic (exact) mass is 247 g/mol. The number of aliphatic hydroxyl groups is 1. The van der Waals surface area contributed by atoms with E-state index in [1.54, 1.807) is 0 Å². The summed E-state index contributed by atoms with van der Waals surface area (Å²) in [6.45, 7) is 7.18. The van der Waals surface area contributed by atoms with Crippen molar-refractivity contribution in [1.82, 2.24) is 4.90 Å². The predicted octanol–water partition coefficient (Wildman–Crippen LogP) is 1.94. The van der Waals surface area contributed by atoms with Gasteiger partial charge in [-0.2, -0.15) is 0 Å². The molecule has 0 aromatic rings. The lowest BCUT2D eigenvalue weighted by Gasteiger charge is -2.36. The van der Waals surface area contributed by atoms with Crippen molar-refractivity contribution in [3.63, 3.8) is 0 Å². The van der Waals surface area contributed by atoms with Crippen molar-refractivity contribution in [3.05, 3.63) is 0 Å². The topological polar surface area (TPSA) is 70.0 Å². The van der Waals surface area contributed by atoms with Gasteiger partial charge in [-0.1, -0.05) is 13.3 Å². The second-order valence-electron chi connectivity index (χ2n) is 4.73. The average molecular weight is 247 g/mol. The normalized spacial score (nSPS) is 11.5. The van der Waals surface area contributed by atoms with Crippen molar-refractivity contribution in [2.75, 3.05) is 26.4 Å². The first-order valence-electron chi connectivity index (χ1n) is 6.15. The SMILES string of the molecule is CCCCN(C(=O)O)C(C)(C)COCCCO. The van der Waals surface area contributed by atoms with E-state index >= 15 is 0 Å². The molecule has 5 nitrogen and oxygen atoms in total. The van der Waals surface area contributed by atoms with Crippen molar-refractivity contribution in [1.29, 1.82) is 0 Å². The lowest BCUT2D eigenvalue weighted by molar-refractivity contribution is 0.0123. The van der Waals surface area contributed by atoms with E-state index in [1.165, 1.54) is 4.90 Å². The summed E-state index contributed by atoms with van der Waals surface area (Å²) < 4.78 is 5.38. The molecule has 0 unspecified atom stereocenters. The summed E-state index contributed by atoms with van der Waals surface area (Å²) in [5.74, 6) is 0. The van der Waals surface area contributed by atoms with Gasteiger partial charge in [0.1, 0.15) is 0 Å². The van der Waals surface area contributed by atoms with E-state index in [1.807, 2.05) is 20.8 Å². The molecule has 0 bridgehead atoms. The van der Waals surface area contributed by atoms with Crippen molar-refractivity contribution >= 4 is 6.09 Å². The lowest BCUT2D eigenvalue weighted by Crippen LogP contribution is -2.50. The fourth-order valence-electron chi connectivity index (χ4n) is 1.54. The summed E-state index contributed by atoms with van der Waals surface area (Å²) in [5.41, 5.74) is -0.531. The van der Waals surface area contributed by atoms with Gasteiger partial charge < -0.3 is 19.8 Å². The Morgan fingerprint density at radius 3 is 2.47 bits per heavy atom. The second-order valence-corrected chi connectivity index (χ2v) is 4.73. The van der Waals surface area contributed by atoms with Gasteiger partial charge in [0, 0.05) is 19.8 Å². The fraction of sp³-hybridized carbons (Fsp3) is 0.917. The Bertz CT molecular complexity index is 219. The number of carbonyl (C=O) groups is 1. The first-order valence-corrected chi connectivity index (χ1v) is 6.15. The summed E-state index contributed by atoms with van der Waals surface area (Å²) in [6, 6.07) is 0. The Hall–Kier alpha value is -0.810.